The highest BCUT2D eigenvalue weighted by molar-refractivity contribution is 7.89. The Bertz CT molecular complexity index is 849. The molecule has 9 heteroatoms. The van der Waals surface area contributed by atoms with Crippen LogP contribution in [0.1, 0.15) is 27.4 Å². The highest BCUT2D eigenvalue weighted by Crippen LogP contribution is 2.27. The minimum atomic E-state index is -3.77. The van der Waals surface area contributed by atoms with Crippen molar-refractivity contribution < 1.29 is 22.8 Å². The van der Waals surface area contributed by atoms with Crippen LogP contribution in [0.25, 0.3) is 0 Å². The third-order valence-corrected chi connectivity index (χ3v) is 5.96. The van der Waals surface area contributed by atoms with E-state index >= 15 is 0 Å². The van der Waals surface area contributed by atoms with Gasteiger partial charge in [-0.1, -0.05) is 5.16 Å². The summed E-state index contributed by atoms with van der Waals surface area (Å²) in [5, 5.41) is 13.0. The summed E-state index contributed by atoms with van der Waals surface area (Å²) in [4.78, 5) is 11.2. The Labute approximate surface area is 127 Å². The van der Waals surface area contributed by atoms with Crippen LogP contribution < -0.4 is 0 Å². The van der Waals surface area contributed by atoms with Crippen molar-refractivity contribution in [3.05, 3.63) is 35.0 Å². The molecule has 0 fully saturated rings. The number of hydrogen-bond donors (Lipinski definition) is 1. The van der Waals surface area contributed by atoms with Gasteiger partial charge in [0.25, 0.3) is 0 Å². The van der Waals surface area contributed by atoms with E-state index in [9.17, 15) is 13.2 Å². The number of sulfonamides is 1. The van der Waals surface area contributed by atoms with Crippen molar-refractivity contribution in [1.29, 1.82) is 0 Å². The largest absolute Gasteiger partial charge is 0.477 e. The standard InChI is InChI=1S/C13H15N3O5S/c1-8-12(5-11(13(17)18)15(8)2)22(19,20)16-4-3-10-9(6-16)7-21-14-10/h5,7H,3-4,6H2,1-2H3,(H,17,18). The fourth-order valence-corrected chi connectivity index (χ4v) is 4.29. The highest BCUT2D eigenvalue weighted by Gasteiger charge is 2.33. The van der Waals surface area contributed by atoms with Gasteiger partial charge < -0.3 is 14.2 Å². The molecule has 1 aliphatic heterocycles. The normalized spacial score (nSPS) is 15.7. The van der Waals surface area contributed by atoms with E-state index in [0.717, 1.165) is 11.3 Å². The molecule has 8 nitrogen and oxygen atoms in total. The number of carbonyl (C=O) groups is 1. The zero-order chi connectivity index (χ0) is 16.1. The van der Waals surface area contributed by atoms with Crippen LogP contribution in [0, 0.1) is 6.92 Å². The van der Waals surface area contributed by atoms with E-state index in [2.05, 4.69) is 5.16 Å². The highest BCUT2D eigenvalue weighted by atomic mass is 32.2. The van der Waals surface area contributed by atoms with Gasteiger partial charge in [0.1, 0.15) is 16.9 Å². The van der Waals surface area contributed by atoms with Crippen molar-refractivity contribution in [2.45, 2.75) is 24.8 Å². The van der Waals surface area contributed by atoms with Crippen LogP contribution in [-0.4, -0.2) is 40.1 Å². The SMILES string of the molecule is Cc1c(S(=O)(=O)N2CCc3nocc3C2)cc(C(=O)O)n1C. The zero-order valence-corrected chi connectivity index (χ0v) is 12.9. The van der Waals surface area contributed by atoms with Gasteiger partial charge in [-0.15, -0.1) is 0 Å². The molecular formula is C13H15N3O5S. The van der Waals surface area contributed by atoms with Crippen LogP contribution >= 0.6 is 0 Å². The first-order chi connectivity index (χ1) is 10.3. The fraction of sp³-hybridized carbons (Fsp3) is 0.385. The van der Waals surface area contributed by atoms with Gasteiger partial charge in [-0.05, 0) is 13.0 Å². The van der Waals surface area contributed by atoms with Gasteiger partial charge in [-0.3, -0.25) is 0 Å². The Kier molecular flexibility index (Phi) is 3.33. The van der Waals surface area contributed by atoms with Gasteiger partial charge in [-0.25, -0.2) is 13.2 Å². The molecule has 0 atom stereocenters. The molecule has 1 aliphatic rings. The molecular weight excluding hydrogens is 310 g/mol. The number of fused-ring (bicyclic) bond motifs is 1. The number of aromatic nitrogens is 2. The topological polar surface area (TPSA) is 106 Å². The third-order valence-electron chi connectivity index (χ3n) is 4.00. The van der Waals surface area contributed by atoms with Crippen molar-refractivity contribution in [3.8, 4) is 0 Å². The van der Waals surface area contributed by atoms with E-state index in [0.29, 0.717) is 18.7 Å². The minimum Gasteiger partial charge on any atom is -0.477 e. The first kappa shape index (κ1) is 14.8. The van der Waals surface area contributed by atoms with Crippen LogP contribution in [0.15, 0.2) is 21.7 Å². The number of rotatable bonds is 3. The third kappa shape index (κ3) is 2.13. The van der Waals surface area contributed by atoms with Crippen molar-refractivity contribution in [1.82, 2.24) is 14.0 Å². The summed E-state index contributed by atoms with van der Waals surface area (Å²) in [5.41, 5.74) is 1.84. The predicted molar refractivity (Wildman–Crippen MR) is 74.9 cm³/mol. The maximum atomic E-state index is 12.8. The van der Waals surface area contributed by atoms with Crippen molar-refractivity contribution >= 4 is 16.0 Å². The predicted octanol–water partition coefficient (Wildman–Crippen LogP) is 0.767. The Morgan fingerprint density at radius 3 is 2.82 bits per heavy atom. The van der Waals surface area contributed by atoms with E-state index in [4.69, 9.17) is 9.63 Å². The zero-order valence-electron chi connectivity index (χ0n) is 12.1. The molecule has 0 aromatic carbocycles. The van der Waals surface area contributed by atoms with E-state index in [1.165, 1.54) is 28.2 Å². The Balaban J connectivity index is 2.01. The molecule has 3 rings (SSSR count). The first-order valence-electron chi connectivity index (χ1n) is 6.64. The molecule has 0 bridgehead atoms. The summed E-state index contributed by atoms with van der Waals surface area (Å²) in [7, 11) is -2.23. The van der Waals surface area contributed by atoms with Gasteiger partial charge in [0.2, 0.25) is 10.0 Å². The van der Waals surface area contributed by atoms with Crippen molar-refractivity contribution in [2.24, 2.45) is 7.05 Å². The van der Waals surface area contributed by atoms with E-state index in [-0.39, 0.29) is 17.1 Å². The summed E-state index contributed by atoms with van der Waals surface area (Å²) in [6, 6.07) is 1.20. The lowest BCUT2D eigenvalue weighted by atomic mass is 10.1. The average Bonchev–Trinajstić information content (AvgIpc) is 3.04. The van der Waals surface area contributed by atoms with Gasteiger partial charge in [0, 0.05) is 37.8 Å². The summed E-state index contributed by atoms with van der Waals surface area (Å²) in [5.74, 6) is -1.16. The van der Waals surface area contributed by atoms with Crippen LogP contribution in [-0.2, 0) is 30.0 Å². The van der Waals surface area contributed by atoms with Gasteiger partial charge >= 0.3 is 5.97 Å². The number of carboxylic acid groups (broad SMARTS) is 1. The Morgan fingerprint density at radius 2 is 2.18 bits per heavy atom. The molecule has 1 N–H and O–H groups in total. The second-order valence-corrected chi connectivity index (χ2v) is 7.12. The summed E-state index contributed by atoms with van der Waals surface area (Å²) in [6.07, 6.45) is 1.92. The monoisotopic (exact) mass is 325 g/mol. The molecule has 0 aliphatic carbocycles. The Morgan fingerprint density at radius 1 is 1.45 bits per heavy atom. The maximum Gasteiger partial charge on any atom is 0.352 e. The molecule has 22 heavy (non-hydrogen) atoms. The molecule has 2 aromatic rings. The molecule has 0 radical (unpaired) electrons. The number of nitrogens with zero attached hydrogens (tertiary/aromatic N) is 3. The van der Waals surface area contributed by atoms with Crippen LogP contribution in [0.2, 0.25) is 0 Å². The number of aromatic carboxylic acids is 1. The lowest BCUT2D eigenvalue weighted by molar-refractivity contribution is 0.0686. The average molecular weight is 325 g/mol. The summed E-state index contributed by atoms with van der Waals surface area (Å²) in [6.45, 7) is 2.06. The van der Waals surface area contributed by atoms with Gasteiger partial charge in [0.15, 0.2) is 0 Å². The molecule has 3 heterocycles. The van der Waals surface area contributed by atoms with Crippen molar-refractivity contribution in [3.63, 3.8) is 0 Å². The van der Waals surface area contributed by atoms with Gasteiger partial charge in [-0.2, -0.15) is 4.31 Å². The van der Waals surface area contributed by atoms with Crippen LogP contribution in [0.4, 0.5) is 0 Å². The van der Waals surface area contributed by atoms with Crippen LogP contribution in [0.3, 0.4) is 0 Å². The van der Waals surface area contributed by atoms with Crippen molar-refractivity contribution in [2.75, 3.05) is 6.54 Å². The molecule has 0 saturated carbocycles. The molecule has 0 amide bonds. The molecule has 0 unspecified atom stereocenters. The molecule has 0 saturated heterocycles. The number of carboxylic acids is 1. The minimum absolute atomic E-state index is 0.0207. The summed E-state index contributed by atoms with van der Waals surface area (Å²) < 4.78 is 33.1. The molecule has 118 valence electrons. The fourth-order valence-electron chi connectivity index (χ4n) is 2.60. The second-order valence-electron chi connectivity index (χ2n) is 5.22. The Hall–Kier alpha value is -2.13. The quantitative estimate of drug-likeness (QED) is 0.893. The first-order valence-corrected chi connectivity index (χ1v) is 8.08. The summed E-state index contributed by atoms with van der Waals surface area (Å²) >= 11 is 0. The van der Waals surface area contributed by atoms with E-state index in [1.54, 1.807) is 6.92 Å². The lowest BCUT2D eigenvalue weighted by Crippen LogP contribution is -2.35. The second kappa shape index (κ2) is 4.96. The van der Waals surface area contributed by atoms with E-state index in [1.807, 2.05) is 0 Å². The van der Waals surface area contributed by atoms with Crippen LogP contribution in [0.5, 0.6) is 0 Å². The molecule has 2 aromatic heterocycles. The van der Waals surface area contributed by atoms with E-state index < -0.39 is 16.0 Å². The van der Waals surface area contributed by atoms with Gasteiger partial charge in [0.05, 0.1) is 5.69 Å². The lowest BCUT2D eigenvalue weighted by Gasteiger charge is -2.25. The number of hydrogen-bond acceptors (Lipinski definition) is 5. The maximum absolute atomic E-state index is 12.8. The smallest absolute Gasteiger partial charge is 0.352 e. The molecule has 0 spiro atoms.